The molecule has 0 radical (unpaired) electrons. The molecule has 0 aromatic heterocycles. The molecular formula is C19H20O5. The summed E-state index contributed by atoms with van der Waals surface area (Å²) in [6.45, 7) is 5.24. The SMILES string of the molecule is COc1ccc(C(=O)O[C@H](C)C(=O)c2cc(C)ccc2C)c(O)c1. The van der Waals surface area contributed by atoms with E-state index in [-0.39, 0.29) is 17.1 Å². The minimum atomic E-state index is -0.959. The van der Waals surface area contributed by atoms with Gasteiger partial charge in [-0.15, -0.1) is 0 Å². The summed E-state index contributed by atoms with van der Waals surface area (Å²) < 4.78 is 10.2. The molecule has 0 saturated carbocycles. The third-order valence-electron chi connectivity index (χ3n) is 3.74. The molecule has 24 heavy (non-hydrogen) atoms. The third-order valence-corrected chi connectivity index (χ3v) is 3.74. The summed E-state index contributed by atoms with van der Waals surface area (Å²) in [6.07, 6.45) is -0.959. The summed E-state index contributed by atoms with van der Waals surface area (Å²) in [5.74, 6) is -0.881. The smallest absolute Gasteiger partial charge is 0.342 e. The van der Waals surface area contributed by atoms with E-state index in [1.165, 1.54) is 32.2 Å². The van der Waals surface area contributed by atoms with Gasteiger partial charge in [0, 0.05) is 11.6 Å². The lowest BCUT2D eigenvalue weighted by Gasteiger charge is -2.15. The quantitative estimate of drug-likeness (QED) is 0.672. The first-order chi connectivity index (χ1) is 11.3. The zero-order valence-corrected chi connectivity index (χ0v) is 14.1. The van der Waals surface area contributed by atoms with E-state index in [0.29, 0.717) is 11.3 Å². The van der Waals surface area contributed by atoms with Gasteiger partial charge in [0.1, 0.15) is 17.1 Å². The number of hydrogen-bond acceptors (Lipinski definition) is 5. The highest BCUT2D eigenvalue weighted by Gasteiger charge is 2.23. The van der Waals surface area contributed by atoms with E-state index in [1.54, 1.807) is 6.07 Å². The number of methoxy groups -OCH3 is 1. The number of ketones is 1. The Morgan fingerprint density at radius 2 is 1.75 bits per heavy atom. The van der Waals surface area contributed by atoms with Crippen molar-refractivity contribution in [2.75, 3.05) is 7.11 Å². The maximum absolute atomic E-state index is 12.5. The second-order valence-corrected chi connectivity index (χ2v) is 5.61. The van der Waals surface area contributed by atoms with E-state index in [9.17, 15) is 14.7 Å². The summed E-state index contributed by atoms with van der Waals surface area (Å²) in [6, 6.07) is 9.78. The van der Waals surface area contributed by atoms with Crippen molar-refractivity contribution in [1.29, 1.82) is 0 Å². The Labute approximate surface area is 140 Å². The van der Waals surface area contributed by atoms with Crippen LogP contribution in [0.25, 0.3) is 0 Å². The minimum Gasteiger partial charge on any atom is -0.507 e. The van der Waals surface area contributed by atoms with Crippen molar-refractivity contribution in [1.82, 2.24) is 0 Å². The van der Waals surface area contributed by atoms with Crippen LogP contribution in [-0.4, -0.2) is 30.1 Å². The zero-order valence-electron chi connectivity index (χ0n) is 14.1. The summed E-state index contributed by atoms with van der Waals surface area (Å²) in [4.78, 5) is 24.7. The first-order valence-electron chi connectivity index (χ1n) is 7.53. The Bertz CT molecular complexity index is 779. The van der Waals surface area contributed by atoms with Gasteiger partial charge in [0.05, 0.1) is 7.11 Å². The van der Waals surface area contributed by atoms with Gasteiger partial charge in [-0.1, -0.05) is 17.7 Å². The van der Waals surface area contributed by atoms with Gasteiger partial charge in [-0.3, -0.25) is 4.79 Å². The monoisotopic (exact) mass is 328 g/mol. The van der Waals surface area contributed by atoms with Gasteiger partial charge in [-0.05, 0) is 44.5 Å². The first kappa shape index (κ1) is 17.5. The predicted molar refractivity (Wildman–Crippen MR) is 89.8 cm³/mol. The molecule has 5 nitrogen and oxygen atoms in total. The Morgan fingerprint density at radius 1 is 1.04 bits per heavy atom. The molecule has 0 heterocycles. The number of phenolic OH excluding ortho intramolecular Hbond substituents is 1. The van der Waals surface area contributed by atoms with Crippen LogP contribution in [0.5, 0.6) is 11.5 Å². The van der Waals surface area contributed by atoms with Crippen LogP contribution < -0.4 is 4.74 Å². The maximum Gasteiger partial charge on any atom is 0.342 e. The lowest BCUT2D eigenvalue weighted by atomic mass is 9.99. The highest BCUT2D eigenvalue weighted by atomic mass is 16.5. The summed E-state index contributed by atoms with van der Waals surface area (Å²) in [5.41, 5.74) is 2.28. The van der Waals surface area contributed by atoms with E-state index in [1.807, 2.05) is 26.0 Å². The van der Waals surface area contributed by atoms with E-state index in [2.05, 4.69) is 0 Å². The molecule has 2 rings (SSSR count). The minimum absolute atomic E-state index is 0.0172. The molecule has 0 unspecified atom stereocenters. The number of benzene rings is 2. The first-order valence-corrected chi connectivity index (χ1v) is 7.53. The van der Waals surface area contributed by atoms with Crippen LogP contribution in [0.3, 0.4) is 0 Å². The molecular weight excluding hydrogens is 308 g/mol. The second kappa shape index (κ2) is 7.17. The molecule has 0 amide bonds. The molecule has 0 fully saturated rings. The van der Waals surface area contributed by atoms with Crippen molar-refractivity contribution >= 4 is 11.8 Å². The number of Topliss-reactive ketones (excluding diaryl/α,β-unsaturated/α-hetero) is 1. The Kier molecular flexibility index (Phi) is 5.24. The summed E-state index contributed by atoms with van der Waals surface area (Å²) >= 11 is 0. The number of hydrogen-bond donors (Lipinski definition) is 1. The molecule has 1 N–H and O–H groups in total. The van der Waals surface area contributed by atoms with Crippen molar-refractivity contribution in [3.05, 3.63) is 58.7 Å². The van der Waals surface area contributed by atoms with E-state index >= 15 is 0 Å². The van der Waals surface area contributed by atoms with Gasteiger partial charge >= 0.3 is 5.97 Å². The largest absolute Gasteiger partial charge is 0.507 e. The Morgan fingerprint density at radius 3 is 2.38 bits per heavy atom. The van der Waals surface area contributed by atoms with E-state index in [4.69, 9.17) is 9.47 Å². The molecule has 0 aliphatic rings. The number of aromatic hydroxyl groups is 1. The fourth-order valence-electron chi connectivity index (χ4n) is 2.31. The van der Waals surface area contributed by atoms with Gasteiger partial charge < -0.3 is 14.6 Å². The number of phenols is 1. The van der Waals surface area contributed by atoms with Gasteiger partial charge in [0.25, 0.3) is 0 Å². The molecule has 0 spiro atoms. The fraction of sp³-hybridized carbons (Fsp3) is 0.263. The normalized spacial score (nSPS) is 11.7. The molecule has 2 aromatic carbocycles. The average molecular weight is 328 g/mol. The molecule has 1 atom stereocenters. The topological polar surface area (TPSA) is 72.8 Å². The number of carbonyl (C=O) groups excluding carboxylic acids is 2. The Hall–Kier alpha value is -2.82. The average Bonchev–Trinajstić information content (AvgIpc) is 2.55. The molecule has 0 saturated heterocycles. The molecule has 0 aliphatic heterocycles. The highest BCUT2D eigenvalue weighted by molar-refractivity contribution is 6.02. The van der Waals surface area contributed by atoms with Crippen molar-refractivity contribution in [3.63, 3.8) is 0 Å². The molecule has 5 heteroatoms. The van der Waals surface area contributed by atoms with Crippen LogP contribution >= 0.6 is 0 Å². The van der Waals surface area contributed by atoms with Crippen LogP contribution in [0, 0.1) is 13.8 Å². The zero-order chi connectivity index (χ0) is 17.9. The van der Waals surface area contributed by atoms with Gasteiger partial charge in [0.15, 0.2) is 6.10 Å². The van der Waals surface area contributed by atoms with Crippen LogP contribution in [0.4, 0.5) is 0 Å². The van der Waals surface area contributed by atoms with Crippen LogP contribution in [0.1, 0.15) is 38.8 Å². The van der Waals surface area contributed by atoms with Gasteiger partial charge in [-0.2, -0.15) is 0 Å². The third kappa shape index (κ3) is 3.74. The van der Waals surface area contributed by atoms with Crippen LogP contribution in [-0.2, 0) is 4.74 Å². The molecule has 0 bridgehead atoms. The second-order valence-electron chi connectivity index (χ2n) is 5.61. The van der Waals surface area contributed by atoms with Gasteiger partial charge in [-0.25, -0.2) is 4.79 Å². The molecule has 0 aliphatic carbocycles. The van der Waals surface area contributed by atoms with Crippen molar-refractivity contribution in [2.45, 2.75) is 26.9 Å². The van der Waals surface area contributed by atoms with Gasteiger partial charge in [0.2, 0.25) is 5.78 Å². The summed E-state index contributed by atoms with van der Waals surface area (Å²) in [5, 5.41) is 9.88. The van der Waals surface area contributed by atoms with Crippen molar-refractivity contribution in [2.24, 2.45) is 0 Å². The highest BCUT2D eigenvalue weighted by Crippen LogP contribution is 2.24. The number of rotatable bonds is 5. The fourth-order valence-corrected chi connectivity index (χ4v) is 2.31. The lowest BCUT2D eigenvalue weighted by molar-refractivity contribution is 0.0315. The van der Waals surface area contributed by atoms with Crippen molar-refractivity contribution < 1.29 is 24.2 Å². The van der Waals surface area contributed by atoms with Crippen LogP contribution in [0.2, 0.25) is 0 Å². The number of esters is 1. The predicted octanol–water partition coefficient (Wildman–Crippen LogP) is 3.45. The number of carbonyl (C=O) groups is 2. The van der Waals surface area contributed by atoms with Crippen LogP contribution in [0.15, 0.2) is 36.4 Å². The standard InChI is InChI=1S/C19H20O5/c1-11-5-6-12(2)16(9-11)18(21)13(3)24-19(22)15-8-7-14(23-4)10-17(15)20/h5-10,13,20H,1-4H3/t13-/m1/s1. The van der Waals surface area contributed by atoms with E-state index in [0.717, 1.165) is 11.1 Å². The molecule has 2 aromatic rings. The Balaban J connectivity index is 2.16. The maximum atomic E-state index is 12.5. The summed E-state index contributed by atoms with van der Waals surface area (Å²) in [7, 11) is 1.46. The lowest BCUT2D eigenvalue weighted by Crippen LogP contribution is -2.25. The number of ether oxygens (including phenoxy) is 2. The van der Waals surface area contributed by atoms with E-state index < -0.39 is 12.1 Å². The molecule has 126 valence electrons. The number of aryl methyl sites for hydroxylation is 2. The van der Waals surface area contributed by atoms with Crippen molar-refractivity contribution in [3.8, 4) is 11.5 Å².